The Morgan fingerprint density at radius 2 is 1.79 bits per heavy atom. The Hall–Kier alpha value is -0.780. The van der Waals surface area contributed by atoms with Gasteiger partial charge in [-0.25, -0.2) is 0 Å². The highest BCUT2D eigenvalue weighted by Gasteiger charge is 2.08. The van der Waals surface area contributed by atoms with Crippen LogP contribution in [-0.2, 0) is 0 Å². The maximum Gasteiger partial charge on any atom is 0.200 e. The molecule has 0 aliphatic heterocycles. The van der Waals surface area contributed by atoms with E-state index in [-0.39, 0.29) is 12.4 Å². The maximum absolute atomic E-state index is 11.9. The van der Waals surface area contributed by atoms with E-state index in [4.69, 9.17) is 27.9 Å². The van der Waals surface area contributed by atoms with Crippen molar-refractivity contribution in [2.24, 2.45) is 0 Å². The highest BCUT2D eigenvalue weighted by molar-refractivity contribution is 14.1. The van der Waals surface area contributed by atoms with Gasteiger partial charge in [0, 0.05) is 14.2 Å². The molecule has 2 nitrogen and oxygen atoms in total. The number of carbonyl (C=O) groups excluding carboxylic acids is 1. The van der Waals surface area contributed by atoms with Gasteiger partial charge >= 0.3 is 0 Å². The minimum Gasteiger partial charge on any atom is -0.484 e. The monoisotopic (exact) mass is 406 g/mol. The average Bonchev–Trinajstić information content (AvgIpc) is 2.38. The number of ether oxygens (including phenoxy) is 1. The fourth-order valence-corrected chi connectivity index (χ4v) is 2.28. The third-order valence-corrected chi connectivity index (χ3v) is 3.67. The second kappa shape index (κ2) is 6.59. The van der Waals surface area contributed by atoms with Gasteiger partial charge < -0.3 is 4.74 Å². The first kappa shape index (κ1) is 14.6. The molecule has 0 fully saturated rings. The van der Waals surface area contributed by atoms with Gasteiger partial charge in [-0.2, -0.15) is 0 Å². The standard InChI is InChI=1S/C14H9Cl2IO2/c15-10-3-6-14(12(16)7-10)19-8-13(18)9-1-4-11(17)5-2-9/h1-7H,8H2. The van der Waals surface area contributed by atoms with Gasteiger partial charge in [-0.05, 0) is 52.9 Å². The third-order valence-electron chi connectivity index (χ3n) is 2.42. The molecular weight excluding hydrogens is 398 g/mol. The summed E-state index contributed by atoms with van der Waals surface area (Å²) in [6.45, 7) is -0.0536. The number of carbonyl (C=O) groups is 1. The van der Waals surface area contributed by atoms with Crippen LogP contribution < -0.4 is 4.74 Å². The highest BCUT2D eigenvalue weighted by Crippen LogP contribution is 2.27. The van der Waals surface area contributed by atoms with Gasteiger partial charge in [0.15, 0.2) is 12.4 Å². The van der Waals surface area contributed by atoms with E-state index in [9.17, 15) is 4.79 Å². The summed E-state index contributed by atoms with van der Waals surface area (Å²) in [5, 5.41) is 0.921. The number of benzene rings is 2. The molecule has 0 aliphatic rings. The lowest BCUT2D eigenvalue weighted by molar-refractivity contribution is 0.0921. The fourth-order valence-electron chi connectivity index (χ4n) is 1.45. The van der Waals surface area contributed by atoms with Gasteiger partial charge in [0.25, 0.3) is 0 Å². The SMILES string of the molecule is O=C(COc1ccc(Cl)cc1Cl)c1ccc(I)cc1. The van der Waals surface area contributed by atoms with Crippen molar-refractivity contribution >= 4 is 51.6 Å². The molecule has 0 saturated heterocycles. The Morgan fingerprint density at radius 1 is 1.11 bits per heavy atom. The van der Waals surface area contributed by atoms with E-state index in [2.05, 4.69) is 22.6 Å². The Balaban J connectivity index is 2.02. The molecule has 98 valence electrons. The van der Waals surface area contributed by atoms with E-state index >= 15 is 0 Å². The second-order valence-electron chi connectivity index (χ2n) is 3.79. The lowest BCUT2D eigenvalue weighted by Gasteiger charge is -2.07. The third kappa shape index (κ3) is 4.09. The average molecular weight is 407 g/mol. The number of ketones is 1. The van der Waals surface area contributed by atoms with Crippen LogP contribution in [0, 0.1) is 3.57 Å². The van der Waals surface area contributed by atoms with Crippen LogP contribution in [0.15, 0.2) is 42.5 Å². The molecule has 2 aromatic rings. The van der Waals surface area contributed by atoms with Crippen molar-refractivity contribution in [1.82, 2.24) is 0 Å². The molecule has 5 heteroatoms. The summed E-state index contributed by atoms with van der Waals surface area (Å²) >= 11 is 13.9. The molecule has 0 aliphatic carbocycles. The number of halogens is 3. The summed E-state index contributed by atoms with van der Waals surface area (Å²) in [5.41, 5.74) is 0.616. The van der Waals surface area contributed by atoms with E-state index in [1.54, 1.807) is 30.3 Å². The van der Waals surface area contributed by atoms with Crippen molar-refractivity contribution in [3.63, 3.8) is 0 Å². The first-order chi connectivity index (χ1) is 9.06. The van der Waals surface area contributed by atoms with Gasteiger partial charge in [-0.15, -0.1) is 0 Å². The molecular formula is C14H9Cl2IO2. The first-order valence-electron chi connectivity index (χ1n) is 5.43. The van der Waals surface area contributed by atoms with Crippen molar-refractivity contribution in [1.29, 1.82) is 0 Å². The molecule has 0 saturated carbocycles. The molecule has 2 aromatic carbocycles. The quantitative estimate of drug-likeness (QED) is 0.535. The van der Waals surface area contributed by atoms with Crippen LogP contribution >= 0.6 is 45.8 Å². The number of hydrogen-bond acceptors (Lipinski definition) is 2. The predicted octanol–water partition coefficient (Wildman–Crippen LogP) is 4.86. The Kier molecular flexibility index (Phi) is 5.07. The van der Waals surface area contributed by atoms with E-state index in [1.165, 1.54) is 0 Å². The van der Waals surface area contributed by atoms with Crippen molar-refractivity contribution in [3.8, 4) is 5.75 Å². The molecule has 0 unspecified atom stereocenters. The minimum atomic E-state index is -0.0950. The van der Waals surface area contributed by atoms with Crippen LogP contribution in [-0.4, -0.2) is 12.4 Å². The first-order valence-corrected chi connectivity index (χ1v) is 7.26. The normalized spacial score (nSPS) is 10.3. The molecule has 0 spiro atoms. The topological polar surface area (TPSA) is 26.3 Å². The summed E-state index contributed by atoms with van der Waals surface area (Å²) in [4.78, 5) is 11.9. The van der Waals surface area contributed by atoms with Crippen LogP contribution in [0.1, 0.15) is 10.4 Å². The van der Waals surface area contributed by atoms with Gasteiger partial charge in [0.05, 0.1) is 5.02 Å². The highest BCUT2D eigenvalue weighted by atomic mass is 127. The second-order valence-corrected chi connectivity index (χ2v) is 5.88. The molecule has 0 bridgehead atoms. The van der Waals surface area contributed by atoms with Crippen LogP contribution in [0.25, 0.3) is 0 Å². The van der Waals surface area contributed by atoms with Gasteiger partial charge in [-0.1, -0.05) is 35.3 Å². The van der Waals surface area contributed by atoms with Crippen LogP contribution in [0.4, 0.5) is 0 Å². The van der Waals surface area contributed by atoms with Gasteiger partial charge in [0.2, 0.25) is 0 Å². The molecule has 0 amide bonds. The largest absolute Gasteiger partial charge is 0.484 e. The van der Waals surface area contributed by atoms with Crippen molar-refractivity contribution in [2.45, 2.75) is 0 Å². The van der Waals surface area contributed by atoms with Crippen LogP contribution in [0.2, 0.25) is 10.0 Å². The van der Waals surface area contributed by atoms with Gasteiger partial charge in [0.1, 0.15) is 5.75 Å². The molecule has 0 aromatic heterocycles. The maximum atomic E-state index is 11.9. The zero-order valence-corrected chi connectivity index (χ0v) is 13.4. The van der Waals surface area contributed by atoms with Gasteiger partial charge in [-0.3, -0.25) is 4.79 Å². The van der Waals surface area contributed by atoms with Crippen molar-refractivity contribution in [2.75, 3.05) is 6.61 Å². The number of hydrogen-bond donors (Lipinski definition) is 0. The van der Waals surface area contributed by atoms with Crippen LogP contribution in [0.3, 0.4) is 0 Å². The van der Waals surface area contributed by atoms with Crippen LogP contribution in [0.5, 0.6) is 5.75 Å². The van der Waals surface area contributed by atoms with E-state index in [0.29, 0.717) is 21.4 Å². The van der Waals surface area contributed by atoms with Crippen molar-refractivity contribution in [3.05, 3.63) is 61.6 Å². The molecule has 0 N–H and O–H groups in total. The summed E-state index contributed by atoms with van der Waals surface area (Å²) in [6, 6.07) is 12.2. The molecule has 2 rings (SSSR count). The summed E-state index contributed by atoms with van der Waals surface area (Å²) in [5.74, 6) is 0.354. The lowest BCUT2D eigenvalue weighted by Crippen LogP contribution is -2.11. The smallest absolute Gasteiger partial charge is 0.200 e. The minimum absolute atomic E-state index is 0.0536. The molecule has 19 heavy (non-hydrogen) atoms. The zero-order valence-electron chi connectivity index (χ0n) is 9.70. The Labute approximate surface area is 134 Å². The summed E-state index contributed by atoms with van der Waals surface area (Å²) in [6.07, 6.45) is 0. The Bertz CT molecular complexity index is 597. The molecule has 0 atom stereocenters. The van der Waals surface area contributed by atoms with E-state index in [0.717, 1.165) is 3.57 Å². The lowest BCUT2D eigenvalue weighted by atomic mass is 10.1. The van der Waals surface area contributed by atoms with E-state index < -0.39 is 0 Å². The number of rotatable bonds is 4. The Morgan fingerprint density at radius 3 is 2.42 bits per heavy atom. The van der Waals surface area contributed by atoms with Crippen molar-refractivity contribution < 1.29 is 9.53 Å². The van der Waals surface area contributed by atoms with E-state index in [1.807, 2.05) is 12.1 Å². The fraction of sp³-hybridized carbons (Fsp3) is 0.0714. The predicted molar refractivity (Wildman–Crippen MR) is 85.4 cm³/mol. The number of Topliss-reactive ketones (excluding diaryl/α,β-unsaturated/α-hetero) is 1. The molecule has 0 heterocycles. The molecule has 0 radical (unpaired) electrons. The zero-order chi connectivity index (χ0) is 13.8. The summed E-state index contributed by atoms with van der Waals surface area (Å²) in [7, 11) is 0. The summed E-state index contributed by atoms with van der Waals surface area (Å²) < 4.78 is 6.48.